The molecule has 6 nitrogen and oxygen atoms in total. The van der Waals surface area contributed by atoms with E-state index in [-0.39, 0.29) is 0 Å². The minimum absolute atomic E-state index is 0.403. The molecule has 3 aromatic rings. The predicted molar refractivity (Wildman–Crippen MR) is 96.9 cm³/mol. The van der Waals surface area contributed by atoms with Crippen LogP contribution in [0.3, 0.4) is 0 Å². The smallest absolute Gasteiger partial charge is 0.161 e. The van der Waals surface area contributed by atoms with E-state index in [2.05, 4.69) is 39.8 Å². The molecule has 124 valence electrons. The van der Waals surface area contributed by atoms with E-state index in [1.807, 2.05) is 12.1 Å². The fraction of sp³-hybridized carbons (Fsp3) is 0.389. The molecule has 1 aliphatic rings. The van der Waals surface area contributed by atoms with E-state index in [4.69, 9.17) is 10.7 Å². The maximum Gasteiger partial charge on any atom is 0.161 e. The summed E-state index contributed by atoms with van der Waals surface area (Å²) in [4.78, 5) is 19.3. The van der Waals surface area contributed by atoms with E-state index in [0.29, 0.717) is 17.3 Å². The molecular formula is C18H22N6. The van der Waals surface area contributed by atoms with Crippen LogP contribution < -0.4 is 10.6 Å². The normalized spacial score (nSPS) is 16.0. The Hall–Kier alpha value is -2.63. The molecule has 3 heterocycles. The van der Waals surface area contributed by atoms with Crippen LogP contribution in [-0.2, 0) is 0 Å². The van der Waals surface area contributed by atoms with Crippen molar-refractivity contribution in [1.82, 2.24) is 19.9 Å². The first-order chi connectivity index (χ1) is 11.6. The van der Waals surface area contributed by atoms with E-state index in [1.54, 1.807) is 6.20 Å². The second-order valence-electron chi connectivity index (χ2n) is 6.74. The Balaban J connectivity index is 1.72. The number of nitrogens with two attached hydrogens (primary N) is 1. The van der Waals surface area contributed by atoms with Gasteiger partial charge in [-0.3, -0.25) is 0 Å². The Kier molecular flexibility index (Phi) is 3.59. The van der Waals surface area contributed by atoms with Gasteiger partial charge in [0.1, 0.15) is 5.82 Å². The molecule has 24 heavy (non-hydrogen) atoms. The van der Waals surface area contributed by atoms with Gasteiger partial charge in [0.25, 0.3) is 0 Å². The first kappa shape index (κ1) is 14.9. The van der Waals surface area contributed by atoms with Crippen LogP contribution in [0, 0.1) is 12.8 Å². The number of rotatable bonds is 2. The van der Waals surface area contributed by atoms with Gasteiger partial charge in [0.2, 0.25) is 0 Å². The quantitative estimate of drug-likeness (QED) is 0.757. The van der Waals surface area contributed by atoms with E-state index in [1.165, 1.54) is 18.4 Å². The first-order valence-corrected chi connectivity index (χ1v) is 8.44. The zero-order valence-electron chi connectivity index (χ0n) is 14.1. The first-order valence-electron chi connectivity index (χ1n) is 8.44. The van der Waals surface area contributed by atoms with Crippen molar-refractivity contribution < 1.29 is 0 Å². The van der Waals surface area contributed by atoms with Gasteiger partial charge >= 0.3 is 0 Å². The van der Waals surface area contributed by atoms with Crippen molar-refractivity contribution in [2.24, 2.45) is 5.92 Å². The Labute approximate surface area is 141 Å². The van der Waals surface area contributed by atoms with E-state index in [0.717, 1.165) is 35.9 Å². The van der Waals surface area contributed by atoms with Crippen LogP contribution in [-0.4, -0.2) is 33.0 Å². The number of hydrogen-bond acceptors (Lipinski definition) is 5. The number of imidazole rings is 1. The van der Waals surface area contributed by atoms with Gasteiger partial charge in [-0.2, -0.15) is 0 Å². The zero-order chi connectivity index (χ0) is 16.7. The minimum Gasteiger partial charge on any atom is -0.382 e. The fourth-order valence-electron chi connectivity index (χ4n) is 3.19. The average molecular weight is 322 g/mol. The van der Waals surface area contributed by atoms with Crippen molar-refractivity contribution in [2.45, 2.75) is 26.7 Å². The molecule has 3 N–H and O–H groups in total. The Morgan fingerprint density at radius 2 is 2.00 bits per heavy atom. The molecule has 2 aromatic heterocycles. The van der Waals surface area contributed by atoms with Crippen LogP contribution in [0.4, 0.5) is 11.6 Å². The topological polar surface area (TPSA) is 83.7 Å². The summed E-state index contributed by atoms with van der Waals surface area (Å²) < 4.78 is 0. The summed E-state index contributed by atoms with van der Waals surface area (Å²) in [5.74, 6) is 2.73. The lowest BCUT2D eigenvalue weighted by molar-refractivity contribution is 0.436. The largest absolute Gasteiger partial charge is 0.382 e. The van der Waals surface area contributed by atoms with Crippen LogP contribution in [0.2, 0.25) is 0 Å². The van der Waals surface area contributed by atoms with Gasteiger partial charge in [-0.25, -0.2) is 15.0 Å². The van der Waals surface area contributed by atoms with E-state index in [9.17, 15) is 0 Å². The number of piperidine rings is 1. The van der Waals surface area contributed by atoms with Crippen LogP contribution >= 0.6 is 0 Å². The molecule has 0 amide bonds. The highest BCUT2D eigenvalue weighted by atomic mass is 15.2. The van der Waals surface area contributed by atoms with Gasteiger partial charge in [-0.15, -0.1) is 0 Å². The number of aromatic nitrogens is 4. The molecule has 1 fully saturated rings. The van der Waals surface area contributed by atoms with Crippen LogP contribution in [0.5, 0.6) is 0 Å². The monoisotopic (exact) mass is 322 g/mol. The Morgan fingerprint density at radius 3 is 2.79 bits per heavy atom. The van der Waals surface area contributed by atoms with Crippen molar-refractivity contribution >= 4 is 22.7 Å². The molecule has 0 aliphatic carbocycles. The third-order valence-corrected chi connectivity index (χ3v) is 4.76. The summed E-state index contributed by atoms with van der Waals surface area (Å²) >= 11 is 0. The lowest BCUT2D eigenvalue weighted by Crippen LogP contribution is -2.33. The third-order valence-electron chi connectivity index (χ3n) is 4.76. The fourth-order valence-corrected chi connectivity index (χ4v) is 3.19. The highest BCUT2D eigenvalue weighted by Gasteiger charge is 2.19. The lowest BCUT2D eigenvalue weighted by atomic mass is 9.99. The molecule has 1 aromatic carbocycles. The zero-order valence-corrected chi connectivity index (χ0v) is 14.1. The van der Waals surface area contributed by atoms with Crippen molar-refractivity contribution in [3.63, 3.8) is 0 Å². The van der Waals surface area contributed by atoms with Crippen molar-refractivity contribution in [1.29, 1.82) is 0 Å². The maximum atomic E-state index is 6.07. The van der Waals surface area contributed by atoms with Gasteiger partial charge in [-0.1, -0.05) is 13.0 Å². The molecular weight excluding hydrogens is 300 g/mol. The molecule has 0 atom stereocenters. The van der Waals surface area contributed by atoms with Crippen LogP contribution in [0.25, 0.3) is 22.6 Å². The average Bonchev–Trinajstić information content (AvgIpc) is 2.99. The standard InChI is InChI=1S/C18H22N6/c1-11-5-7-24(8-6-11)15-10-20-17(19)16(23-15)18-21-13-4-3-12(2)9-14(13)22-18/h3-4,9-11H,5-8H2,1-2H3,(H2,19,20)(H,21,22). The van der Waals surface area contributed by atoms with Crippen molar-refractivity contribution in [3.8, 4) is 11.5 Å². The van der Waals surface area contributed by atoms with Gasteiger partial charge in [0.05, 0.1) is 17.2 Å². The molecule has 1 aliphatic heterocycles. The molecule has 4 rings (SSSR count). The molecule has 0 bridgehead atoms. The summed E-state index contributed by atoms with van der Waals surface area (Å²) in [6, 6.07) is 6.13. The SMILES string of the molecule is Cc1ccc2nc(-c3nc(N4CCC(C)CC4)cnc3N)[nH]c2c1. The minimum atomic E-state index is 0.403. The number of nitrogens with zero attached hydrogens (tertiary/aromatic N) is 4. The highest BCUT2D eigenvalue weighted by Crippen LogP contribution is 2.27. The number of aryl methyl sites for hydroxylation is 1. The van der Waals surface area contributed by atoms with E-state index < -0.39 is 0 Å². The predicted octanol–water partition coefficient (Wildman–Crippen LogP) is 3.15. The number of fused-ring (bicyclic) bond motifs is 1. The Bertz CT molecular complexity index is 876. The maximum absolute atomic E-state index is 6.07. The van der Waals surface area contributed by atoms with Crippen molar-refractivity contribution in [2.75, 3.05) is 23.7 Å². The number of nitrogen functional groups attached to an aromatic ring is 1. The van der Waals surface area contributed by atoms with Gasteiger partial charge in [0.15, 0.2) is 17.3 Å². The third kappa shape index (κ3) is 2.68. The van der Waals surface area contributed by atoms with Crippen LogP contribution in [0.1, 0.15) is 25.3 Å². The van der Waals surface area contributed by atoms with Crippen LogP contribution in [0.15, 0.2) is 24.4 Å². The number of anilines is 2. The van der Waals surface area contributed by atoms with Gasteiger partial charge in [-0.05, 0) is 43.4 Å². The number of aromatic amines is 1. The lowest BCUT2D eigenvalue weighted by Gasteiger charge is -2.31. The summed E-state index contributed by atoms with van der Waals surface area (Å²) in [6.45, 7) is 6.39. The Morgan fingerprint density at radius 1 is 1.21 bits per heavy atom. The molecule has 0 saturated carbocycles. The number of nitrogens with one attached hydrogen (secondary N) is 1. The van der Waals surface area contributed by atoms with Crippen molar-refractivity contribution in [3.05, 3.63) is 30.0 Å². The summed E-state index contributed by atoms with van der Waals surface area (Å²) in [7, 11) is 0. The highest BCUT2D eigenvalue weighted by molar-refractivity contribution is 5.81. The molecule has 0 unspecified atom stereocenters. The number of hydrogen-bond donors (Lipinski definition) is 2. The number of benzene rings is 1. The van der Waals surface area contributed by atoms with Gasteiger partial charge in [0, 0.05) is 13.1 Å². The van der Waals surface area contributed by atoms with E-state index >= 15 is 0 Å². The molecule has 1 saturated heterocycles. The molecule has 0 radical (unpaired) electrons. The molecule has 0 spiro atoms. The summed E-state index contributed by atoms with van der Waals surface area (Å²) in [5.41, 5.74) is 9.79. The number of H-pyrrole nitrogens is 1. The molecule has 6 heteroatoms. The van der Waals surface area contributed by atoms with Gasteiger partial charge < -0.3 is 15.6 Å². The second kappa shape index (κ2) is 5.78. The summed E-state index contributed by atoms with van der Waals surface area (Å²) in [5, 5.41) is 0. The summed E-state index contributed by atoms with van der Waals surface area (Å²) in [6.07, 6.45) is 4.14. The second-order valence-corrected chi connectivity index (χ2v) is 6.74.